The van der Waals surface area contributed by atoms with Gasteiger partial charge in [-0.2, -0.15) is 0 Å². The first-order valence-electron chi connectivity index (χ1n) is 6.56. The number of fused-ring (bicyclic) bond motifs is 2. The molecule has 2 fully saturated rings. The molecule has 0 saturated carbocycles. The van der Waals surface area contributed by atoms with Gasteiger partial charge in [0.1, 0.15) is 0 Å². The maximum atomic E-state index is 5.30. The minimum Gasteiger partial charge on any atom is -0.384 e. The van der Waals surface area contributed by atoms with Crippen LogP contribution in [0.1, 0.15) is 33.1 Å². The first kappa shape index (κ1) is 12.3. The van der Waals surface area contributed by atoms with Crippen molar-refractivity contribution >= 4 is 0 Å². The van der Waals surface area contributed by atoms with Gasteiger partial charge in [-0.15, -0.1) is 0 Å². The summed E-state index contributed by atoms with van der Waals surface area (Å²) in [4.78, 5) is 2.62. The van der Waals surface area contributed by atoms with Crippen molar-refractivity contribution in [3.63, 3.8) is 0 Å². The lowest BCUT2D eigenvalue weighted by atomic mass is 9.93. The third-order valence-electron chi connectivity index (χ3n) is 3.79. The van der Waals surface area contributed by atoms with Gasteiger partial charge >= 0.3 is 0 Å². The van der Waals surface area contributed by atoms with E-state index >= 15 is 0 Å². The molecule has 0 aromatic carbocycles. The Labute approximate surface area is 99.5 Å². The molecule has 1 N–H and O–H groups in total. The summed E-state index contributed by atoms with van der Waals surface area (Å²) in [5.74, 6) is 0. The van der Waals surface area contributed by atoms with Crippen molar-refractivity contribution in [2.75, 3.05) is 33.4 Å². The highest BCUT2D eigenvalue weighted by molar-refractivity contribution is 4.90. The van der Waals surface area contributed by atoms with Crippen LogP contribution in [0.4, 0.5) is 0 Å². The van der Waals surface area contributed by atoms with Gasteiger partial charge in [0, 0.05) is 37.7 Å². The summed E-state index contributed by atoms with van der Waals surface area (Å²) in [6.07, 6.45) is 4.07. The molecule has 0 radical (unpaired) electrons. The molecule has 2 heterocycles. The van der Waals surface area contributed by atoms with Crippen molar-refractivity contribution in [2.24, 2.45) is 5.41 Å². The summed E-state index contributed by atoms with van der Waals surface area (Å²) in [5.41, 5.74) is 0.276. The Hall–Kier alpha value is -0.120. The summed E-state index contributed by atoms with van der Waals surface area (Å²) in [7, 11) is 1.80. The number of ether oxygens (including phenoxy) is 1. The summed E-state index contributed by atoms with van der Waals surface area (Å²) >= 11 is 0. The Morgan fingerprint density at radius 2 is 2.00 bits per heavy atom. The Balaban J connectivity index is 1.85. The van der Waals surface area contributed by atoms with Crippen molar-refractivity contribution < 1.29 is 4.74 Å². The van der Waals surface area contributed by atoms with Crippen LogP contribution >= 0.6 is 0 Å². The van der Waals surface area contributed by atoms with Crippen molar-refractivity contribution in [3.05, 3.63) is 0 Å². The second-order valence-corrected chi connectivity index (χ2v) is 6.26. The fourth-order valence-electron chi connectivity index (χ4n) is 3.20. The van der Waals surface area contributed by atoms with Crippen molar-refractivity contribution in [1.82, 2.24) is 10.2 Å². The standard InChI is InChI=1S/C13H26N2O/c1-13(2,10-16-3)9-15-7-6-11-4-5-12(8-15)14-11/h11-12,14H,4-10H2,1-3H3. The third-order valence-corrected chi connectivity index (χ3v) is 3.79. The van der Waals surface area contributed by atoms with Gasteiger partial charge in [-0.05, 0) is 25.8 Å². The molecule has 0 aromatic heterocycles. The van der Waals surface area contributed by atoms with E-state index in [1.165, 1.54) is 32.4 Å². The molecule has 0 amide bonds. The number of rotatable bonds is 4. The summed E-state index contributed by atoms with van der Waals surface area (Å²) < 4.78 is 5.30. The monoisotopic (exact) mass is 226 g/mol. The normalized spacial score (nSPS) is 31.7. The number of likely N-dealkylation sites (tertiary alicyclic amines) is 1. The minimum absolute atomic E-state index is 0.276. The fourth-order valence-corrected chi connectivity index (χ4v) is 3.20. The van der Waals surface area contributed by atoms with Crippen LogP contribution in [0, 0.1) is 5.41 Å². The number of hydrogen-bond acceptors (Lipinski definition) is 3. The second-order valence-electron chi connectivity index (χ2n) is 6.26. The largest absolute Gasteiger partial charge is 0.384 e. The van der Waals surface area contributed by atoms with E-state index in [4.69, 9.17) is 4.74 Å². The zero-order valence-electron chi connectivity index (χ0n) is 11.0. The van der Waals surface area contributed by atoms with E-state index in [1.807, 2.05) is 0 Å². The molecule has 2 aliphatic rings. The second kappa shape index (κ2) is 5.03. The van der Waals surface area contributed by atoms with E-state index < -0.39 is 0 Å². The molecule has 16 heavy (non-hydrogen) atoms. The van der Waals surface area contributed by atoms with Crippen LogP contribution in [0.25, 0.3) is 0 Å². The highest BCUT2D eigenvalue weighted by Gasteiger charge is 2.31. The molecule has 0 aliphatic carbocycles. The van der Waals surface area contributed by atoms with Crippen LogP contribution in [0.3, 0.4) is 0 Å². The average molecular weight is 226 g/mol. The SMILES string of the molecule is COCC(C)(C)CN1CCC2CCC(C1)N2. The van der Waals surface area contributed by atoms with E-state index in [1.54, 1.807) is 7.11 Å². The Morgan fingerprint density at radius 1 is 1.25 bits per heavy atom. The Morgan fingerprint density at radius 3 is 2.75 bits per heavy atom. The van der Waals surface area contributed by atoms with Crippen LogP contribution in [-0.4, -0.2) is 50.3 Å². The molecular formula is C13H26N2O. The van der Waals surface area contributed by atoms with E-state index in [2.05, 4.69) is 24.1 Å². The first-order chi connectivity index (χ1) is 7.59. The summed E-state index contributed by atoms with van der Waals surface area (Å²) in [5, 5.41) is 3.73. The maximum absolute atomic E-state index is 5.30. The maximum Gasteiger partial charge on any atom is 0.0525 e. The number of hydrogen-bond donors (Lipinski definition) is 1. The van der Waals surface area contributed by atoms with E-state index in [9.17, 15) is 0 Å². The topological polar surface area (TPSA) is 24.5 Å². The number of methoxy groups -OCH3 is 1. The van der Waals surface area contributed by atoms with Gasteiger partial charge in [0.2, 0.25) is 0 Å². The molecule has 2 saturated heterocycles. The highest BCUT2D eigenvalue weighted by atomic mass is 16.5. The van der Waals surface area contributed by atoms with Crippen LogP contribution in [0.15, 0.2) is 0 Å². The van der Waals surface area contributed by atoms with Gasteiger partial charge in [0.05, 0.1) is 6.61 Å². The van der Waals surface area contributed by atoms with Gasteiger partial charge in [-0.1, -0.05) is 13.8 Å². The summed E-state index contributed by atoms with van der Waals surface area (Å²) in [6, 6.07) is 1.53. The predicted molar refractivity (Wildman–Crippen MR) is 66.7 cm³/mol. The fraction of sp³-hybridized carbons (Fsp3) is 1.00. The van der Waals surface area contributed by atoms with Gasteiger partial charge < -0.3 is 15.0 Å². The van der Waals surface area contributed by atoms with Gasteiger partial charge in [-0.3, -0.25) is 0 Å². The van der Waals surface area contributed by atoms with E-state index in [-0.39, 0.29) is 5.41 Å². The van der Waals surface area contributed by atoms with Gasteiger partial charge in [0.25, 0.3) is 0 Å². The zero-order chi connectivity index (χ0) is 11.6. The molecule has 3 nitrogen and oxygen atoms in total. The molecular weight excluding hydrogens is 200 g/mol. The molecule has 94 valence electrons. The number of nitrogens with one attached hydrogen (secondary N) is 1. The lowest BCUT2D eigenvalue weighted by Crippen LogP contribution is -2.41. The number of nitrogens with zero attached hydrogens (tertiary/aromatic N) is 1. The van der Waals surface area contributed by atoms with Crippen molar-refractivity contribution in [1.29, 1.82) is 0 Å². The smallest absolute Gasteiger partial charge is 0.0525 e. The molecule has 3 heteroatoms. The van der Waals surface area contributed by atoms with E-state index in [0.29, 0.717) is 0 Å². The molecule has 0 spiro atoms. The Bertz CT molecular complexity index is 230. The lowest BCUT2D eigenvalue weighted by Gasteiger charge is -2.33. The molecule has 2 atom stereocenters. The quantitative estimate of drug-likeness (QED) is 0.786. The highest BCUT2D eigenvalue weighted by Crippen LogP contribution is 2.24. The van der Waals surface area contributed by atoms with Gasteiger partial charge in [-0.25, -0.2) is 0 Å². The Kier molecular flexibility index (Phi) is 3.88. The third kappa shape index (κ3) is 3.19. The average Bonchev–Trinajstić information content (AvgIpc) is 2.51. The van der Waals surface area contributed by atoms with Crippen LogP contribution in [0.5, 0.6) is 0 Å². The molecule has 2 bridgehead atoms. The minimum atomic E-state index is 0.276. The van der Waals surface area contributed by atoms with Crippen LogP contribution < -0.4 is 5.32 Å². The van der Waals surface area contributed by atoms with Gasteiger partial charge in [0.15, 0.2) is 0 Å². The predicted octanol–water partition coefficient (Wildman–Crippen LogP) is 1.49. The van der Waals surface area contributed by atoms with Crippen molar-refractivity contribution in [2.45, 2.75) is 45.2 Å². The van der Waals surface area contributed by atoms with E-state index in [0.717, 1.165) is 25.2 Å². The zero-order valence-corrected chi connectivity index (χ0v) is 11.0. The molecule has 2 unspecified atom stereocenters. The first-order valence-corrected chi connectivity index (χ1v) is 6.56. The van der Waals surface area contributed by atoms with Crippen LogP contribution in [-0.2, 0) is 4.74 Å². The lowest BCUT2D eigenvalue weighted by molar-refractivity contribution is 0.0681. The molecule has 2 aliphatic heterocycles. The molecule has 0 aromatic rings. The van der Waals surface area contributed by atoms with Crippen LogP contribution in [0.2, 0.25) is 0 Å². The molecule has 2 rings (SSSR count). The van der Waals surface area contributed by atoms with Crippen molar-refractivity contribution in [3.8, 4) is 0 Å². The summed E-state index contributed by atoms with van der Waals surface area (Å²) in [6.45, 7) is 9.09.